The Bertz CT molecular complexity index is 2510. The summed E-state index contributed by atoms with van der Waals surface area (Å²) in [6.45, 7) is 2.07. The molecule has 3 aliphatic rings. The minimum atomic E-state index is -0.911. The monoisotopic (exact) mass is 845 g/mol. The van der Waals surface area contributed by atoms with E-state index in [1.165, 1.54) is 20.3 Å². The summed E-state index contributed by atoms with van der Waals surface area (Å²) in [5.74, 6) is 2.67. The molecule has 3 aliphatic heterocycles. The molecule has 62 heavy (non-hydrogen) atoms. The Labute approximate surface area is 357 Å². The lowest BCUT2D eigenvalue weighted by Crippen LogP contribution is -2.53. The van der Waals surface area contributed by atoms with Crippen LogP contribution in [0.25, 0.3) is 44.7 Å². The van der Waals surface area contributed by atoms with Crippen LogP contribution in [0.15, 0.2) is 60.9 Å². The third-order valence-electron chi connectivity index (χ3n) is 12.0. The molecule has 0 spiro atoms. The van der Waals surface area contributed by atoms with Crippen LogP contribution in [0.1, 0.15) is 68.7 Å². The van der Waals surface area contributed by atoms with Crippen LogP contribution < -0.4 is 10.6 Å². The van der Waals surface area contributed by atoms with Gasteiger partial charge in [0.1, 0.15) is 29.5 Å². The zero-order chi connectivity index (χ0) is 43.3. The summed E-state index contributed by atoms with van der Waals surface area (Å²) in [5.41, 5.74) is 4.29. The zero-order valence-electron chi connectivity index (χ0n) is 34.5. The van der Waals surface area contributed by atoms with Crippen LogP contribution >= 0.6 is 0 Å². The summed E-state index contributed by atoms with van der Waals surface area (Å²) in [4.78, 5) is 75.8. The van der Waals surface area contributed by atoms with E-state index < -0.39 is 30.1 Å². The third-order valence-corrected chi connectivity index (χ3v) is 12.0. The second-order valence-corrected chi connectivity index (χ2v) is 15.7. The molecule has 17 heteroatoms. The number of aromatic amines is 2. The molecule has 16 nitrogen and oxygen atoms in total. The highest BCUT2D eigenvalue weighted by atomic mass is 19.1. The van der Waals surface area contributed by atoms with E-state index in [2.05, 4.69) is 41.2 Å². The molecular weight excluding hydrogens is 798 g/mol. The van der Waals surface area contributed by atoms with Gasteiger partial charge in [0.2, 0.25) is 11.8 Å². The number of pyridine rings is 1. The maximum atomic E-state index is 15.9. The number of likely N-dealkylation sites (tertiary alicyclic amines) is 2. The number of nitrogens with zero attached hydrogens (tertiary/aromatic N) is 5. The fraction of sp³-hybridized carbons (Fsp3) is 0.400. The van der Waals surface area contributed by atoms with Gasteiger partial charge in [-0.25, -0.2) is 28.9 Å². The third kappa shape index (κ3) is 8.68. The number of fused-ring (bicyclic) bond motifs is 1. The predicted molar refractivity (Wildman–Crippen MR) is 225 cm³/mol. The molecule has 5 aromatic rings. The normalized spacial score (nSPS) is 18.9. The summed E-state index contributed by atoms with van der Waals surface area (Å²) >= 11 is 0. The van der Waals surface area contributed by atoms with E-state index in [-0.39, 0.29) is 36.2 Å². The van der Waals surface area contributed by atoms with Gasteiger partial charge in [-0.15, -0.1) is 12.3 Å². The molecular formula is C45H48FN9O7. The lowest BCUT2D eigenvalue weighted by atomic mass is 9.90. The van der Waals surface area contributed by atoms with E-state index >= 15 is 4.39 Å². The molecule has 0 aliphatic carbocycles. The molecule has 0 saturated carbocycles. The first-order valence-corrected chi connectivity index (χ1v) is 20.8. The Morgan fingerprint density at radius 1 is 0.839 bits per heavy atom. The Morgan fingerprint density at radius 3 is 2.08 bits per heavy atom. The van der Waals surface area contributed by atoms with Crippen molar-refractivity contribution in [3.8, 4) is 46.1 Å². The molecule has 0 unspecified atom stereocenters. The van der Waals surface area contributed by atoms with Crippen molar-refractivity contribution in [2.75, 3.05) is 40.5 Å². The van der Waals surface area contributed by atoms with Crippen LogP contribution in [-0.2, 0) is 23.8 Å². The van der Waals surface area contributed by atoms with Crippen LogP contribution in [0.5, 0.6) is 0 Å². The Balaban J connectivity index is 0.952. The van der Waals surface area contributed by atoms with Gasteiger partial charge in [-0.2, -0.15) is 0 Å². The van der Waals surface area contributed by atoms with E-state index in [1.807, 2.05) is 30.3 Å². The predicted octanol–water partition coefficient (Wildman–Crippen LogP) is 6.05. The Hall–Kier alpha value is -6.80. The van der Waals surface area contributed by atoms with E-state index in [1.54, 1.807) is 34.3 Å². The number of terminal acetylenes is 1. The van der Waals surface area contributed by atoms with Gasteiger partial charge in [-0.3, -0.25) is 9.59 Å². The highest BCUT2D eigenvalue weighted by Crippen LogP contribution is 2.36. The molecule has 2 aromatic carbocycles. The van der Waals surface area contributed by atoms with Crippen molar-refractivity contribution in [3.05, 3.63) is 78.4 Å². The van der Waals surface area contributed by atoms with Gasteiger partial charge in [0.25, 0.3) is 0 Å². The van der Waals surface area contributed by atoms with Crippen LogP contribution in [0.3, 0.4) is 0 Å². The highest BCUT2D eigenvalue weighted by molar-refractivity contribution is 5.88. The van der Waals surface area contributed by atoms with E-state index in [9.17, 15) is 19.2 Å². The molecule has 4 N–H and O–H groups in total. The van der Waals surface area contributed by atoms with Gasteiger partial charge in [-0.05, 0) is 74.8 Å². The van der Waals surface area contributed by atoms with Crippen molar-refractivity contribution < 1.29 is 37.8 Å². The number of halogens is 1. The molecule has 4 atom stereocenters. The average Bonchev–Trinajstić information content (AvgIpc) is 4.15. The number of aromatic nitrogens is 5. The number of amides is 4. The topological polar surface area (TPSA) is 197 Å². The maximum Gasteiger partial charge on any atom is 0.407 e. The molecule has 8 rings (SSSR count). The van der Waals surface area contributed by atoms with E-state index in [0.717, 1.165) is 29.5 Å². The van der Waals surface area contributed by atoms with Gasteiger partial charge >= 0.3 is 12.2 Å². The van der Waals surface area contributed by atoms with Gasteiger partial charge < -0.3 is 44.6 Å². The number of rotatable bonds is 11. The quantitative estimate of drug-likeness (QED) is 0.114. The van der Waals surface area contributed by atoms with Crippen molar-refractivity contribution >= 4 is 34.9 Å². The van der Waals surface area contributed by atoms with Crippen LogP contribution in [0.2, 0.25) is 0 Å². The summed E-state index contributed by atoms with van der Waals surface area (Å²) in [7, 11) is 2.51. The number of hydrogen-bond acceptors (Lipinski definition) is 10. The van der Waals surface area contributed by atoms with Crippen molar-refractivity contribution in [2.45, 2.75) is 69.1 Å². The number of H-pyrrole nitrogens is 2. The summed E-state index contributed by atoms with van der Waals surface area (Å²) in [5, 5.41) is 6.15. The number of benzene rings is 2. The molecule has 6 heterocycles. The number of ether oxygens (including phenoxy) is 3. The number of imidazole rings is 2. The largest absolute Gasteiger partial charge is 0.453 e. The van der Waals surface area contributed by atoms with Gasteiger partial charge in [0.05, 0.1) is 61.3 Å². The lowest BCUT2D eigenvalue weighted by Gasteiger charge is -2.34. The second kappa shape index (κ2) is 18.4. The van der Waals surface area contributed by atoms with E-state index in [4.69, 9.17) is 20.9 Å². The van der Waals surface area contributed by atoms with E-state index in [0.29, 0.717) is 91.7 Å². The number of methoxy groups -OCH3 is 2. The fourth-order valence-corrected chi connectivity index (χ4v) is 8.78. The first kappa shape index (κ1) is 41.9. The van der Waals surface area contributed by atoms with Crippen molar-refractivity contribution in [1.29, 1.82) is 0 Å². The summed E-state index contributed by atoms with van der Waals surface area (Å²) < 4.78 is 30.9. The molecule has 322 valence electrons. The fourth-order valence-electron chi connectivity index (χ4n) is 8.78. The number of nitrogens with one attached hydrogen (secondary N) is 4. The molecule has 3 saturated heterocycles. The molecule has 0 radical (unpaired) electrons. The van der Waals surface area contributed by atoms with Crippen LogP contribution in [-0.4, -0.2) is 111 Å². The first-order valence-electron chi connectivity index (χ1n) is 20.8. The number of alkyl carbamates (subject to hydrolysis) is 2. The van der Waals surface area contributed by atoms with Crippen molar-refractivity contribution in [3.63, 3.8) is 0 Å². The summed E-state index contributed by atoms with van der Waals surface area (Å²) in [6, 6.07) is 12.1. The SMILES string of the molecule is C#CC[C@H](NC(=O)OC)C(=O)N1CCC[C@H]1c1ncc(-c2ccc3nc(-c4ccc(-c5cnc([C@@H]6CCCN6C(=O)[C@@H](NC(=O)OC)C6CCOCC6)[nH]5)cc4F)ccc3c2)[nH]1. The zero-order valence-corrected chi connectivity index (χ0v) is 34.5. The standard InChI is InChI=1S/C45H48FN9O7/c1-4-7-34(52-44(58)60-2)42(56)54-18-5-8-37(54)40-47-24-35(50-40)28-11-14-32-27(22-28)12-15-33(49-32)30-13-10-29(23-31(30)46)36-25-48-41(51-36)38-9-6-19-55(38)43(57)39(53-45(59)61-3)26-16-20-62-21-17-26/h1,10-15,22-26,34,37-39H,5-9,16-21H2,2-3H3,(H,47,50)(H,48,51)(H,52,58)(H,53,59)/t34-,37-,38-,39-/m0/s1. The van der Waals surface area contributed by atoms with Gasteiger partial charge in [0, 0.05) is 54.8 Å². The lowest BCUT2D eigenvalue weighted by molar-refractivity contribution is -0.137. The minimum absolute atomic E-state index is 0.0294. The molecule has 0 bridgehead atoms. The first-order chi connectivity index (χ1) is 30.1. The molecule has 3 fully saturated rings. The smallest absolute Gasteiger partial charge is 0.407 e. The summed E-state index contributed by atoms with van der Waals surface area (Å²) in [6.07, 6.45) is 11.7. The van der Waals surface area contributed by atoms with Gasteiger partial charge in [0.15, 0.2) is 0 Å². The van der Waals surface area contributed by atoms with Crippen LogP contribution in [0, 0.1) is 24.1 Å². The Kier molecular flexibility index (Phi) is 12.5. The average molecular weight is 846 g/mol. The number of carbonyl (C=O) groups excluding carboxylic acids is 4. The number of carbonyl (C=O) groups is 4. The van der Waals surface area contributed by atoms with Crippen LogP contribution in [0.4, 0.5) is 14.0 Å². The molecule has 3 aromatic heterocycles. The molecule has 4 amide bonds. The highest BCUT2D eigenvalue weighted by Gasteiger charge is 2.40. The second-order valence-electron chi connectivity index (χ2n) is 15.7. The number of hydrogen-bond donors (Lipinski definition) is 4. The maximum absolute atomic E-state index is 15.9. The van der Waals surface area contributed by atoms with Gasteiger partial charge in [-0.1, -0.05) is 18.2 Å². The minimum Gasteiger partial charge on any atom is -0.453 e. The van der Waals surface area contributed by atoms with Crippen molar-refractivity contribution in [2.24, 2.45) is 5.92 Å². The Morgan fingerprint density at radius 2 is 1.45 bits per heavy atom. The van der Waals surface area contributed by atoms with Crippen molar-refractivity contribution in [1.82, 2.24) is 45.4 Å².